The van der Waals surface area contributed by atoms with Crippen molar-refractivity contribution in [1.29, 1.82) is 0 Å². The standard InChI is InChI=1S/C26H23Cl2N7O2S/c27-18-5-9-21(10-6-18)35-26(30-31-32-35)38-17-24(36)29-19-7-11-20(12-8-19)33-13-15-34(16-14-33)25(37)22-3-1-2-4-23(22)28/h1-12H,13-17H2,(H,29,36). The maximum Gasteiger partial charge on any atom is 0.255 e. The number of nitrogens with one attached hydrogen (secondary N) is 1. The normalized spacial score (nSPS) is 13.4. The van der Waals surface area contributed by atoms with E-state index in [4.69, 9.17) is 23.2 Å². The number of rotatable bonds is 7. The fourth-order valence-electron chi connectivity index (χ4n) is 4.07. The van der Waals surface area contributed by atoms with Crippen LogP contribution in [0.4, 0.5) is 11.4 Å². The van der Waals surface area contributed by atoms with Crippen molar-refractivity contribution in [2.24, 2.45) is 0 Å². The number of anilines is 2. The summed E-state index contributed by atoms with van der Waals surface area (Å²) in [6.07, 6.45) is 0. The van der Waals surface area contributed by atoms with E-state index < -0.39 is 0 Å². The van der Waals surface area contributed by atoms with Crippen molar-refractivity contribution in [3.8, 4) is 5.69 Å². The molecule has 194 valence electrons. The zero-order valence-electron chi connectivity index (χ0n) is 20.1. The van der Waals surface area contributed by atoms with Crippen LogP contribution in [0.3, 0.4) is 0 Å². The Labute approximate surface area is 233 Å². The summed E-state index contributed by atoms with van der Waals surface area (Å²) in [6, 6.07) is 21.9. The Morgan fingerprint density at radius 3 is 2.26 bits per heavy atom. The van der Waals surface area contributed by atoms with Crippen LogP contribution in [0.2, 0.25) is 10.0 Å². The summed E-state index contributed by atoms with van der Waals surface area (Å²) < 4.78 is 1.56. The maximum absolute atomic E-state index is 12.8. The smallest absolute Gasteiger partial charge is 0.255 e. The van der Waals surface area contributed by atoms with Gasteiger partial charge in [-0.15, -0.1) is 5.10 Å². The number of halogens is 2. The highest BCUT2D eigenvalue weighted by molar-refractivity contribution is 7.99. The minimum atomic E-state index is -0.167. The first-order valence-corrected chi connectivity index (χ1v) is 13.6. The molecule has 0 spiro atoms. The van der Waals surface area contributed by atoms with Crippen molar-refractivity contribution in [3.05, 3.63) is 88.4 Å². The molecule has 38 heavy (non-hydrogen) atoms. The van der Waals surface area contributed by atoms with E-state index in [0.29, 0.717) is 52.6 Å². The van der Waals surface area contributed by atoms with Crippen molar-refractivity contribution in [1.82, 2.24) is 25.1 Å². The highest BCUT2D eigenvalue weighted by atomic mass is 35.5. The molecular weight excluding hydrogens is 545 g/mol. The number of aromatic nitrogens is 4. The minimum absolute atomic E-state index is 0.0478. The molecule has 4 aromatic rings. The van der Waals surface area contributed by atoms with E-state index in [-0.39, 0.29) is 17.6 Å². The Hall–Kier alpha value is -3.60. The van der Waals surface area contributed by atoms with Crippen LogP contribution in [-0.2, 0) is 4.79 Å². The van der Waals surface area contributed by atoms with Gasteiger partial charge in [0.15, 0.2) is 0 Å². The highest BCUT2D eigenvalue weighted by Gasteiger charge is 2.23. The Balaban J connectivity index is 1.11. The maximum atomic E-state index is 12.8. The molecular formula is C26H23Cl2N7O2S. The second-order valence-electron chi connectivity index (χ2n) is 8.49. The summed E-state index contributed by atoms with van der Waals surface area (Å²) in [5, 5.41) is 16.2. The van der Waals surface area contributed by atoms with Crippen LogP contribution in [0.1, 0.15) is 10.4 Å². The molecule has 0 atom stereocenters. The Bertz CT molecular complexity index is 1420. The Kier molecular flexibility index (Phi) is 8.11. The van der Waals surface area contributed by atoms with Crippen LogP contribution >= 0.6 is 35.0 Å². The number of nitrogens with zero attached hydrogens (tertiary/aromatic N) is 6. The third-order valence-electron chi connectivity index (χ3n) is 6.03. The molecule has 5 rings (SSSR count). The van der Waals surface area contributed by atoms with Gasteiger partial charge in [0.1, 0.15) is 0 Å². The number of benzene rings is 3. The number of hydrogen-bond donors (Lipinski definition) is 1. The molecule has 1 aliphatic rings. The van der Waals surface area contributed by atoms with Crippen molar-refractivity contribution < 1.29 is 9.59 Å². The molecule has 1 fully saturated rings. The van der Waals surface area contributed by atoms with Crippen molar-refractivity contribution in [2.75, 3.05) is 42.1 Å². The molecule has 0 saturated carbocycles. The molecule has 0 bridgehead atoms. The number of carbonyl (C=O) groups is 2. The summed E-state index contributed by atoms with van der Waals surface area (Å²) in [5.74, 6) is -0.0644. The topological polar surface area (TPSA) is 96.2 Å². The van der Waals surface area contributed by atoms with E-state index in [1.807, 2.05) is 41.3 Å². The lowest BCUT2D eigenvalue weighted by atomic mass is 10.1. The average Bonchev–Trinajstić information content (AvgIpc) is 3.41. The predicted octanol–water partition coefficient (Wildman–Crippen LogP) is 4.66. The average molecular weight is 568 g/mol. The number of thioether (sulfide) groups is 1. The highest BCUT2D eigenvalue weighted by Crippen LogP contribution is 2.23. The van der Waals surface area contributed by atoms with Crippen molar-refractivity contribution >= 4 is 58.2 Å². The number of tetrazole rings is 1. The van der Waals surface area contributed by atoms with Gasteiger partial charge in [-0.2, -0.15) is 4.68 Å². The molecule has 2 heterocycles. The molecule has 1 aliphatic heterocycles. The predicted molar refractivity (Wildman–Crippen MR) is 150 cm³/mol. The first kappa shape index (κ1) is 26.0. The monoisotopic (exact) mass is 567 g/mol. The molecule has 0 unspecified atom stereocenters. The van der Waals surface area contributed by atoms with Crippen LogP contribution in [0, 0.1) is 0 Å². The van der Waals surface area contributed by atoms with E-state index in [9.17, 15) is 9.59 Å². The minimum Gasteiger partial charge on any atom is -0.368 e. The van der Waals surface area contributed by atoms with Crippen LogP contribution in [0.15, 0.2) is 78.0 Å². The van der Waals surface area contributed by atoms with Gasteiger partial charge in [-0.25, -0.2) is 0 Å². The van der Waals surface area contributed by atoms with Gasteiger partial charge in [0.2, 0.25) is 11.1 Å². The number of piperazine rings is 1. The molecule has 2 amide bonds. The van der Waals surface area contributed by atoms with Crippen molar-refractivity contribution in [2.45, 2.75) is 5.16 Å². The van der Waals surface area contributed by atoms with E-state index in [1.165, 1.54) is 11.8 Å². The molecule has 0 radical (unpaired) electrons. The third-order valence-corrected chi connectivity index (χ3v) is 7.53. The summed E-state index contributed by atoms with van der Waals surface area (Å²) in [5.41, 5.74) is 3.02. The second-order valence-corrected chi connectivity index (χ2v) is 10.3. The molecule has 3 aromatic carbocycles. The van der Waals surface area contributed by atoms with Gasteiger partial charge in [-0.3, -0.25) is 9.59 Å². The summed E-state index contributed by atoms with van der Waals surface area (Å²) in [4.78, 5) is 29.4. The van der Waals surface area contributed by atoms with Crippen LogP contribution in [0.5, 0.6) is 0 Å². The van der Waals surface area contributed by atoms with E-state index in [1.54, 1.807) is 41.1 Å². The SMILES string of the molecule is O=C(CSc1nnnn1-c1ccc(Cl)cc1)Nc1ccc(N2CCN(C(=O)c3ccccc3Cl)CC2)cc1. The lowest BCUT2D eigenvalue weighted by molar-refractivity contribution is -0.113. The molecule has 1 saturated heterocycles. The first-order valence-electron chi connectivity index (χ1n) is 11.8. The first-order chi connectivity index (χ1) is 18.5. The third kappa shape index (κ3) is 6.09. The zero-order valence-corrected chi connectivity index (χ0v) is 22.5. The number of amides is 2. The van der Waals surface area contributed by atoms with Gasteiger partial charge >= 0.3 is 0 Å². The van der Waals surface area contributed by atoms with Gasteiger partial charge in [0.25, 0.3) is 5.91 Å². The van der Waals surface area contributed by atoms with Gasteiger partial charge in [0.05, 0.1) is 22.0 Å². The largest absolute Gasteiger partial charge is 0.368 e. The molecule has 1 aromatic heterocycles. The molecule has 1 N–H and O–H groups in total. The molecule has 12 heteroatoms. The Morgan fingerprint density at radius 2 is 1.55 bits per heavy atom. The molecule has 0 aliphatic carbocycles. The summed E-state index contributed by atoms with van der Waals surface area (Å²) in [7, 11) is 0. The fourth-order valence-corrected chi connectivity index (χ4v) is 5.10. The van der Waals surface area contributed by atoms with Gasteiger partial charge in [0, 0.05) is 42.6 Å². The van der Waals surface area contributed by atoms with Crippen LogP contribution in [0.25, 0.3) is 5.69 Å². The summed E-state index contributed by atoms with van der Waals surface area (Å²) in [6.45, 7) is 2.63. The van der Waals surface area contributed by atoms with Gasteiger partial charge in [-0.1, -0.05) is 47.1 Å². The lowest BCUT2D eigenvalue weighted by Gasteiger charge is -2.36. The Morgan fingerprint density at radius 1 is 0.868 bits per heavy atom. The zero-order chi connectivity index (χ0) is 26.5. The van der Waals surface area contributed by atoms with Gasteiger partial charge in [-0.05, 0) is 71.1 Å². The van der Waals surface area contributed by atoms with Crippen molar-refractivity contribution in [3.63, 3.8) is 0 Å². The molecule has 9 nitrogen and oxygen atoms in total. The van der Waals surface area contributed by atoms with E-state index >= 15 is 0 Å². The number of carbonyl (C=O) groups excluding carboxylic acids is 2. The van der Waals surface area contributed by atoms with E-state index in [2.05, 4.69) is 25.7 Å². The summed E-state index contributed by atoms with van der Waals surface area (Å²) >= 11 is 13.4. The van der Waals surface area contributed by atoms with Crippen LogP contribution < -0.4 is 10.2 Å². The second kappa shape index (κ2) is 11.8. The number of hydrogen-bond acceptors (Lipinski definition) is 7. The van der Waals surface area contributed by atoms with Gasteiger partial charge < -0.3 is 15.1 Å². The quantitative estimate of drug-likeness (QED) is 0.324. The fraction of sp³-hybridized carbons (Fsp3) is 0.192. The van der Waals surface area contributed by atoms with E-state index in [0.717, 1.165) is 11.4 Å². The van der Waals surface area contributed by atoms with Crippen LogP contribution in [-0.4, -0.2) is 68.9 Å². The lowest BCUT2D eigenvalue weighted by Crippen LogP contribution is -2.48.